The summed E-state index contributed by atoms with van der Waals surface area (Å²) in [4.78, 5) is 12.8. The molecule has 2 heterocycles. The standard InChI is InChI=1S/C11H17BrN4O/c1-15(2)6-9-3-10(17)7-16(9)11-13-4-8(12)5-14-11/h4-5,9-10,17H,3,6-7H2,1-2H3. The molecule has 1 N–H and O–H groups in total. The molecule has 0 radical (unpaired) electrons. The fraction of sp³-hybridized carbons (Fsp3) is 0.636. The summed E-state index contributed by atoms with van der Waals surface area (Å²) in [5.74, 6) is 0.691. The van der Waals surface area contributed by atoms with Crippen LogP contribution in [0, 0.1) is 0 Å². The summed E-state index contributed by atoms with van der Waals surface area (Å²) in [6.45, 7) is 1.51. The van der Waals surface area contributed by atoms with Gasteiger partial charge in [-0.05, 0) is 36.4 Å². The van der Waals surface area contributed by atoms with E-state index in [9.17, 15) is 5.11 Å². The maximum absolute atomic E-state index is 9.77. The summed E-state index contributed by atoms with van der Waals surface area (Å²) < 4.78 is 0.866. The topological polar surface area (TPSA) is 52.5 Å². The predicted octanol–water partition coefficient (Wildman–Crippen LogP) is 0.740. The van der Waals surface area contributed by atoms with Gasteiger partial charge in [0.25, 0.3) is 0 Å². The van der Waals surface area contributed by atoms with E-state index in [4.69, 9.17) is 0 Å². The van der Waals surface area contributed by atoms with Gasteiger partial charge in [-0.15, -0.1) is 0 Å². The number of likely N-dealkylation sites (N-methyl/N-ethyl adjacent to an activating group) is 1. The fourth-order valence-electron chi connectivity index (χ4n) is 2.19. The van der Waals surface area contributed by atoms with Gasteiger partial charge in [-0.2, -0.15) is 0 Å². The Labute approximate surface area is 110 Å². The normalized spacial score (nSPS) is 24.6. The van der Waals surface area contributed by atoms with Gasteiger partial charge >= 0.3 is 0 Å². The molecule has 0 aliphatic carbocycles. The van der Waals surface area contributed by atoms with Crippen LogP contribution in [0.15, 0.2) is 16.9 Å². The van der Waals surface area contributed by atoms with E-state index in [1.807, 2.05) is 14.1 Å². The number of hydrogen-bond donors (Lipinski definition) is 1. The van der Waals surface area contributed by atoms with Crippen LogP contribution in [0.1, 0.15) is 6.42 Å². The second-order valence-electron chi connectivity index (χ2n) is 4.66. The van der Waals surface area contributed by atoms with Crippen LogP contribution in [-0.2, 0) is 0 Å². The molecule has 0 aromatic carbocycles. The third kappa shape index (κ3) is 3.14. The van der Waals surface area contributed by atoms with Crippen LogP contribution in [0.5, 0.6) is 0 Å². The first-order valence-electron chi connectivity index (χ1n) is 5.63. The first-order valence-corrected chi connectivity index (χ1v) is 6.42. The molecule has 2 unspecified atom stereocenters. The predicted molar refractivity (Wildman–Crippen MR) is 70.0 cm³/mol. The van der Waals surface area contributed by atoms with E-state index in [0.717, 1.165) is 17.4 Å². The lowest BCUT2D eigenvalue weighted by Crippen LogP contribution is -2.38. The van der Waals surface area contributed by atoms with Crippen LogP contribution >= 0.6 is 15.9 Å². The molecule has 1 fully saturated rings. The van der Waals surface area contributed by atoms with Crippen LogP contribution in [-0.4, -0.2) is 59.3 Å². The minimum Gasteiger partial charge on any atom is -0.391 e. The number of β-amino-alcohol motifs (C(OH)–C–C–N with tert-alkyl or cyclic N) is 1. The molecular weight excluding hydrogens is 284 g/mol. The zero-order valence-corrected chi connectivity index (χ0v) is 11.6. The third-order valence-electron chi connectivity index (χ3n) is 2.83. The van der Waals surface area contributed by atoms with Crippen molar-refractivity contribution in [1.29, 1.82) is 0 Å². The van der Waals surface area contributed by atoms with Gasteiger partial charge in [-0.1, -0.05) is 0 Å². The van der Waals surface area contributed by atoms with Gasteiger partial charge in [0.2, 0.25) is 5.95 Å². The summed E-state index contributed by atoms with van der Waals surface area (Å²) in [5, 5.41) is 9.77. The van der Waals surface area contributed by atoms with Crippen LogP contribution in [0.4, 0.5) is 5.95 Å². The number of rotatable bonds is 3. The lowest BCUT2D eigenvalue weighted by Gasteiger charge is -2.26. The maximum Gasteiger partial charge on any atom is 0.225 e. The quantitative estimate of drug-likeness (QED) is 0.892. The van der Waals surface area contributed by atoms with Gasteiger partial charge in [0.15, 0.2) is 0 Å². The molecule has 0 bridgehead atoms. The van der Waals surface area contributed by atoms with E-state index in [0.29, 0.717) is 12.5 Å². The van der Waals surface area contributed by atoms with Crippen molar-refractivity contribution >= 4 is 21.9 Å². The van der Waals surface area contributed by atoms with E-state index in [1.54, 1.807) is 12.4 Å². The Bertz CT molecular complexity index is 370. The lowest BCUT2D eigenvalue weighted by molar-refractivity contribution is 0.191. The summed E-state index contributed by atoms with van der Waals surface area (Å²) in [7, 11) is 4.07. The van der Waals surface area contributed by atoms with Crippen LogP contribution in [0.25, 0.3) is 0 Å². The maximum atomic E-state index is 9.77. The van der Waals surface area contributed by atoms with Crippen molar-refractivity contribution in [3.8, 4) is 0 Å². The van der Waals surface area contributed by atoms with Gasteiger partial charge in [-0.25, -0.2) is 9.97 Å². The Morgan fingerprint density at radius 2 is 2.12 bits per heavy atom. The van der Waals surface area contributed by atoms with Gasteiger partial charge in [0.1, 0.15) is 0 Å². The molecule has 0 spiro atoms. The zero-order chi connectivity index (χ0) is 12.4. The van der Waals surface area contributed by atoms with Crippen molar-refractivity contribution in [1.82, 2.24) is 14.9 Å². The highest BCUT2D eigenvalue weighted by molar-refractivity contribution is 9.10. The second kappa shape index (κ2) is 5.29. The summed E-state index contributed by atoms with van der Waals surface area (Å²) in [5.41, 5.74) is 0. The average Bonchev–Trinajstić information content (AvgIpc) is 2.59. The zero-order valence-electron chi connectivity index (χ0n) is 10.0. The van der Waals surface area contributed by atoms with Gasteiger partial charge < -0.3 is 14.9 Å². The number of anilines is 1. The minimum atomic E-state index is -0.285. The molecule has 1 aromatic rings. The smallest absolute Gasteiger partial charge is 0.225 e. The van der Waals surface area contributed by atoms with Crippen molar-refractivity contribution < 1.29 is 5.11 Å². The van der Waals surface area contributed by atoms with Crippen molar-refractivity contribution in [2.45, 2.75) is 18.6 Å². The number of aliphatic hydroxyl groups excluding tert-OH is 1. The van der Waals surface area contributed by atoms with Crippen LogP contribution in [0.3, 0.4) is 0 Å². The molecule has 94 valence electrons. The Balaban J connectivity index is 2.14. The first kappa shape index (κ1) is 12.7. The molecule has 0 amide bonds. The van der Waals surface area contributed by atoms with E-state index < -0.39 is 0 Å². The molecule has 1 saturated heterocycles. The highest BCUT2D eigenvalue weighted by Crippen LogP contribution is 2.23. The van der Waals surface area contributed by atoms with Crippen LogP contribution in [0.2, 0.25) is 0 Å². The highest BCUT2D eigenvalue weighted by atomic mass is 79.9. The van der Waals surface area contributed by atoms with Gasteiger partial charge in [0.05, 0.1) is 10.6 Å². The highest BCUT2D eigenvalue weighted by Gasteiger charge is 2.32. The minimum absolute atomic E-state index is 0.279. The molecule has 1 aliphatic heterocycles. The van der Waals surface area contributed by atoms with Gasteiger partial charge in [-0.3, -0.25) is 0 Å². The average molecular weight is 301 g/mol. The second-order valence-corrected chi connectivity index (χ2v) is 5.57. The summed E-state index contributed by atoms with van der Waals surface area (Å²) in [6, 6.07) is 0.279. The molecule has 2 rings (SSSR count). The van der Waals surface area contributed by atoms with E-state index >= 15 is 0 Å². The number of aromatic nitrogens is 2. The molecule has 5 nitrogen and oxygen atoms in total. The van der Waals surface area contributed by atoms with Crippen molar-refractivity contribution in [2.75, 3.05) is 32.1 Å². The van der Waals surface area contributed by atoms with Gasteiger partial charge in [0, 0.05) is 31.5 Å². The number of nitrogens with zero attached hydrogens (tertiary/aromatic N) is 4. The van der Waals surface area contributed by atoms with E-state index in [1.165, 1.54) is 0 Å². The summed E-state index contributed by atoms with van der Waals surface area (Å²) in [6.07, 6.45) is 3.96. The van der Waals surface area contributed by atoms with Crippen molar-refractivity contribution in [3.63, 3.8) is 0 Å². The number of hydrogen-bond acceptors (Lipinski definition) is 5. The molecule has 1 aliphatic rings. The monoisotopic (exact) mass is 300 g/mol. The van der Waals surface area contributed by atoms with E-state index in [-0.39, 0.29) is 12.1 Å². The SMILES string of the molecule is CN(C)CC1CC(O)CN1c1ncc(Br)cn1. The Kier molecular flexibility index (Phi) is 3.96. The Hall–Kier alpha value is -0.720. The third-order valence-corrected chi connectivity index (χ3v) is 3.24. The lowest BCUT2D eigenvalue weighted by atomic mass is 10.2. The van der Waals surface area contributed by atoms with Crippen LogP contribution < -0.4 is 4.90 Å². The fourth-order valence-corrected chi connectivity index (χ4v) is 2.39. The number of aliphatic hydroxyl groups is 1. The summed E-state index contributed by atoms with van der Waals surface area (Å²) >= 11 is 3.32. The molecule has 6 heteroatoms. The largest absolute Gasteiger partial charge is 0.391 e. The first-order chi connectivity index (χ1) is 8.06. The molecule has 2 atom stereocenters. The van der Waals surface area contributed by atoms with Crippen molar-refractivity contribution in [3.05, 3.63) is 16.9 Å². The number of halogens is 1. The molecule has 0 saturated carbocycles. The molecule has 1 aromatic heterocycles. The van der Waals surface area contributed by atoms with E-state index in [2.05, 4.69) is 35.7 Å². The van der Waals surface area contributed by atoms with Crippen molar-refractivity contribution in [2.24, 2.45) is 0 Å². The Morgan fingerprint density at radius 3 is 2.71 bits per heavy atom. The molecule has 17 heavy (non-hydrogen) atoms. The Morgan fingerprint density at radius 1 is 1.47 bits per heavy atom. The molecular formula is C11H17BrN4O.